The summed E-state index contributed by atoms with van der Waals surface area (Å²) in [5.74, 6) is -2.60. The first-order chi connectivity index (χ1) is 8.00. The lowest BCUT2D eigenvalue weighted by atomic mass is 10.1. The largest absolute Gasteiger partial charge is 0.474 e. The number of carboxylic acids is 1. The number of non-ortho nitro benzene ring substituents is 1. The van der Waals surface area contributed by atoms with Crippen LogP contribution in [0.15, 0.2) is 24.3 Å². The van der Waals surface area contributed by atoms with Gasteiger partial charge in [-0.2, -0.15) is 0 Å². The van der Waals surface area contributed by atoms with E-state index in [-0.39, 0.29) is 12.2 Å². The first-order valence-corrected chi connectivity index (χ1v) is 4.75. The van der Waals surface area contributed by atoms with Crippen molar-refractivity contribution < 1.29 is 19.6 Å². The van der Waals surface area contributed by atoms with Gasteiger partial charge in [0.05, 0.1) is 4.92 Å². The van der Waals surface area contributed by atoms with Crippen LogP contribution in [-0.4, -0.2) is 28.5 Å². The van der Waals surface area contributed by atoms with Crippen LogP contribution in [0.2, 0.25) is 0 Å². The molecule has 7 heteroatoms. The molecule has 0 aliphatic heterocycles. The minimum absolute atomic E-state index is 0.0108. The molecule has 1 amide bonds. The van der Waals surface area contributed by atoms with Crippen molar-refractivity contribution in [3.8, 4) is 0 Å². The average molecular weight is 238 g/mol. The van der Waals surface area contributed by atoms with Crippen molar-refractivity contribution in [3.63, 3.8) is 0 Å². The highest BCUT2D eigenvalue weighted by molar-refractivity contribution is 6.31. The molecule has 0 saturated carbocycles. The van der Waals surface area contributed by atoms with Gasteiger partial charge in [0.25, 0.3) is 5.69 Å². The highest BCUT2D eigenvalue weighted by atomic mass is 16.6. The number of nitrogens with one attached hydrogen (secondary N) is 1. The molecule has 0 bridgehead atoms. The summed E-state index contributed by atoms with van der Waals surface area (Å²) in [5.41, 5.74) is 0.768. The molecular weight excluding hydrogens is 228 g/mol. The number of carbonyl (C=O) groups is 2. The van der Waals surface area contributed by atoms with Crippen LogP contribution in [0.5, 0.6) is 0 Å². The first-order valence-electron chi connectivity index (χ1n) is 4.75. The monoisotopic (exact) mass is 238 g/mol. The van der Waals surface area contributed by atoms with Crippen LogP contribution >= 0.6 is 0 Å². The number of carboxylic acid groups (broad SMARTS) is 1. The zero-order valence-electron chi connectivity index (χ0n) is 8.75. The molecule has 1 rings (SSSR count). The smallest absolute Gasteiger partial charge is 0.394 e. The van der Waals surface area contributed by atoms with Gasteiger partial charge >= 0.3 is 11.9 Å². The topological polar surface area (TPSA) is 110 Å². The van der Waals surface area contributed by atoms with Crippen LogP contribution in [0, 0.1) is 10.1 Å². The van der Waals surface area contributed by atoms with Crippen LogP contribution in [0.3, 0.4) is 0 Å². The van der Waals surface area contributed by atoms with Gasteiger partial charge in [-0.25, -0.2) is 4.79 Å². The second kappa shape index (κ2) is 5.59. The van der Waals surface area contributed by atoms with Gasteiger partial charge in [-0.05, 0) is 12.0 Å². The van der Waals surface area contributed by atoms with Crippen molar-refractivity contribution in [3.05, 3.63) is 39.9 Å². The number of aliphatic carboxylic acids is 1. The molecule has 0 saturated heterocycles. The number of nitrogens with zero attached hydrogens (tertiary/aromatic N) is 1. The minimum Gasteiger partial charge on any atom is -0.474 e. The van der Waals surface area contributed by atoms with E-state index in [2.05, 4.69) is 5.32 Å². The number of carbonyl (C=O) groups excluding carboxylic acids is 1. The zero-order valence-corrected chi connectivity index (χ0v) is 8.75. The van der Waals surface area contributed by atoms with Crippen molar-refractivity contribution in [1.29, 1.82) is 0 Å². The Hall–Kier alpha value is -2.44. The molecule has 17 heavy (non-hydrogen) atoms. The first kappa shape index (κ1) is 12.6. The van der Waals surface area contributed by atoms with Crippen molar-refractivity contribution in [2.75, 3.05) is 6.54 Å². The maximum atomic E-state index is 10.7. The van der Waals surface area contributed by atoms with E-state index in [4.69, 9.17) is 5.11 Å². The van der Waals surface area contributed by atoms with Gasteiger partial charge in [-0.1, -0.05) is 12.1 Å². The molecule has 0 atom stereocenters. The van der Waals surface area contributed by atoms with Crippen LogP contribution in [0.25, 0.3) is 0 Å². The van der Waals surface area contributed by atoms with Crippen LogP contribution in [0.1, 0.15) is 5.56 Å². The SMILES string of the molecule is O=C(O)C(=O)NCCc1ccc([N+](=O)[O-])cc1. The lowest BCUT2D eigenvalue weighted by Crippen LogP contribution is -2.32. The van der Waals surface area contributed by atoms with E-state index in [1.807, 2.05) is 0 Å². The number of nitro benzene ring substituents is 1. The molecule has 0 aliphatic rings. The van der Waals surface area contributed by atoms with E-state index in [0.717, 1.165) is 5.56 Å². The molecule has 0 spiro atoms. The van der Waals surface area contributed by atoms with Crippen LogP contribution in [0.4, 0.5) is 5.69 Å². The summed E-state index contributed by atoms with van der Waals surface area (Å²) in [7, 11) is 0. The Balaban J connectivity index is 2.45. The van der Waals surface area contributed by atoms with E-state index >= 15 is 0 Å². The molecule has 0 aliphatic carbocycles. The maximum Gasteiger partial charge on any atom is 0.394 e. The molecule has 90 valence electrons. The van der Waals surface area contributed by atoms with Gasteiger partial charge in [0, 0.05) is 18.7 Å². The fourth-order valence-corrected chi connectivity index (χ4v) is 1.18. The lowest BCUT2D eigenvalue weighted by molar-refractivity contribution is -0.384. The van der Waals surface area contributed by atoms with Gasteiger partial charge in [-0.15, -0.1) is 0 Å². The Labute approximate surface area is 96.2 Å². The number of rotatable bonds is 4. The second-order valence-electron chi connectivity index (χ2n) is 3.23. The summed E-state index contributed by atoms with van der Waals surface area (Å²) < 4.78 is 0. The van der Waals surface area contributed by atoms with Crippen molar-refractivity contribution in [2.24, 2.45) is 0 Å². The molecular formula is C10H10N2O5. The third-order valence-corrected chi connectivity index (χ3v) is 2.04. The highest BCUT2D eigenvalue weighted by Gasteiger charge is 2.09. The Morgan fingerprint density at radius 1 is 1.29 bits per heavy atom. The van der Waals surface area contributed by atoms with E-state index in [9.17, 15) is 19.7 Å². The van der Waals surface area contributed by atoms with Gasteiger partial charge in [0.2, 0.25) is 0 Å². The van der Waals surface area contributed by atoms with E-state index < -0.39 is 16.8 Å². The van der Waals surface area contributed by atoms with Crippen LogP contribution < -0.4 is 5.32 Å². The van der Waals surface area contributed by atoms with Gasteiger partial charge < -0.3 is 10.4 Å². The molecule has 0 radical (unpaired) electrons. The Morgan fingerprint density at radius 2 is 1.88 bits per heavy atom. The number of nitro groups is 1. The fourth-order valence-electron chi connectivity index (χ4n) is 1.18. The van der Waals surface area contributed by atoms with Crippen molar-refractivity contribution in [2.45, 2.75) is 6.42 Å². The summed E-state index contributed by atoms with van der Waals surface area (Å²) in [4.78, 5) is 30.7. The Morgan fingerprint density at radius 3 is 2.35 bits per heavy atom. The van der Waals surface area contributed by atoms with Gasteiger partial charge in [0.1, 0.15) is 0 Å². The molecule has 0 heterocycles. The molecule has 1 aromatic carbocycles. The Bertz CT molecular complexity index is 441. The lowest BCUT2D eigenvalue weighted by Gasteiger charge is -2.02. The molecule has 0 unspecified atom stereocenters. The number of amides is 1. The van der Waals surface area contributed by atoms with Crippen molar-refractivity contribution in [1.82, 2.24) is 5.32 Å². The summed E-state index contributed by atoms with van der Waals surface area (Å²) in [5, 5.41) is 20.9. The molecule has 7 nitrogen and oxygen atoms in total. The summed E-state index contributed by atoms with van der Waals surface area (Å²) in [6, 6.07) is 5.83. The van der Waals surface area contributed by atoms with E-state index in [1.165, 1.54) is 12.1 Å². The second-order valence-corrected chi connectivity index (χ2v) is 3.23. The molecule has 0 fully saturated rings. The van der Waals surface area contributed by atoms with E-state index in [0.29, 0.717) is 6.42 Å². The molecule has 2 N–H and O–H groups in total. The predicted molar refractivity (Wildman–Crippen MR) is 57.4 cm³/mol. The Kier molecular flexibility index (Phi) is 4.15. The van der Waals surface area contributed by atoms with Gasteiger partial charge in [0.15, 0.2) is 0 Å². The molecule has 0 aromatic heterocycles. The number of hydrogen-bond acceptors (Lipinski definition) is 4. The summed E-state index contributed by atoms with van der Waals surface area (Å²) >= 11 is 0. The third kappa shape index (κ3) is 3.90. The van der Waals surface area contributed by atoms with Crippen LogP contribution in [-0.2, 0) is 16.0 Å². The highest BCUT2D eigenvalue weighted by Crippen LogP contribution is 2.11. The van der Waals surface area contributed by atoms with Crippen molar-refractivity contribution >= 4 is 17.6 Å². The quantitative estimate of drug-likeness (QED) is 0.446. The maximum absolute atomic E-state index is 10.7. The molecule has 1 aromatic rings. The average Bonchev–Trinajstić information content (AvgIpc) is 2.29. The summed E-state index contributed by atoms with van der Waals surface area (Å²) in [6.45, 7) is 0.170. The summed E-state index contributed by atoms with van der Waals surface area (Å²) in [6.07, 6.45) is 0.414. The van der Waals surface area contributed by atoms with Gasteiger partial charge in [-0.3, -0.25) is 14.9 Å². The minimum atomic E-state index is -1.53. The standard InChI is InChI=1S/C10H10N2O5/c13-9(10(14)15)11-6-5-7-1-3-8(4-2-7)12(16)17/h1-4H,5-6H2,(H,11,13)(H,14,15). The fraction of sp³-hybridized carbons (Fsp3) is 0.200. The zero-order chi connectivity index (χ0) is 12.8. The number of hydrogen-bond donors (Lipinski definition) is 2. The predicted octanol–water partition coefficient (Wildman–Crippen LogP) is 0.338. The number of benzene rings is 1. The van der Waals surface area contributed by atoms with E-state index in [1.54, 1.807) is 12.1 Å². The third-order valence-electron chi connectivity index (χ3n) is 2.04. The normalized spacial score (nSPS) is 9.65.